The van der Waals surface area contributed by atoms with Crippen LogP contribution in [-0.4, -0.2) is 29.7 Å². The maximum atomic E-state index is 11.9. The fourth-order valence-corrected chi connectivity index (χ4v) is 2.41. The van der Waals surface area contributed by atoms with Crippen LogP contribution < -0.4 is 15.4 Å². The summed E-state index contributed by atoms with van der Waals surface area (Å²) in [6, 6.07) is 9.93. The number of ether oxygens (including phenoxy) is 1. The molecule has 0 fully saturated rings. The van der Waals surface area contributed by atoms with E-state index in [2.05, 4.69) is 15.4 Å². The van der Waals surface area contributed by atoms with Crippen molar-refractivity contribution in [3.05, 3.63) is 53.6 Å². The predicted octanol–water partition coefficient (Wildman–Crippen LogP) is 2.54. The zero-order chi connectivity index (χ0) is 19.8. The highest BCUT2D eigenvalue weighted by atomic mass is 19.4. The molecule has 2 amide bonds. The standard InChI is InChI=1S/C9H4F3NO3.C8H5NO2/c10-9(11,12)16-4-1-2-6-5(3-4)7(14)8(15)13-6;10-7-5-3-1-2-4-6(5)9-8(7)11/h1-3H,(H,13,14,15);1-4H,(H,9,10,11). The van der Waals surface area contributed by atoms with Crippen LogP contribution in [0.5, 0.6) is 5.75 Å². The molecule has 138 valence electrons. The van der Waals surface area contributed by atoms with E-state index in [1.165, 1.54) is 6.07 Å². The van der Waals surface area contributed by atoms with Gasteiger partial charge in [0.1, 0.15) is 5.75 Å². The number of anilines is 2. The van der Waals surface area contributed by atoms with E-state index in [0.29, 0.717) is 11.3 Å². The first-order valence-electron chi connectivity index (χ1n) is 7.36. The number of nitrogens with one attached hydrogen (secondary N) is 2. The molecule has 0 radical (unpaired) electrons. The SMILES string of the molecule is O=C1Nc2ccc(OC(F)(F)F)cc2C1=O.O=C1Nc2ccccc2C1=O. The van der Waals surface area contributed by atoms with E-state index in [-0.39, 0.29) is 11.3 Å². The van der Waals surface area contributed by atoms with Crippen LogP contribution in [0.2, 0.25) is 0 Å². The summed E-state index contributed by atoms with van der Waals surface area (Å²) >= 11 is 0. The number of ketones is 2. The van der Waals surface area contributed by atoms with Crippen molar-refractivity contribution in [2.24, 2.45) is 0 Å². The zero-order valence-electron chi connectivity index (χ0n) is 13.2. The van der Waals surface area contributed by atoms with E-state index in [0.717, 1.165) is 12.1 Å². The van der Waals surface area contributed by atoms with Gasteiger partial charge in [-0.3, -0.25) is 19.2 Å². The van der Waals surface area contributed by atoms with E-state index in [1.807, 2.05) is 0 Å². The molecule has 2 aromatic rings. The van der Waals surface area contributed by atoms with Crippen molar-refractivity contribution in [2.45, 2.75) is 6.36 Å². The first kappa shape index (κ1) is 18.1. The second kappa shape index (κ2) is 6.56. The molecule has 0 atom stereocenters. The minimum absolute atomic E-state index is 0.119. The van der Waals surface area contributed by atoms with Gasteiger partial charge >= 0.3 is 6.36 Å². The van der Waals surface area contributed by atoms with Crippen LogP contribution in [0.1, 0.15) is 20.7 Å². The molecule has 7 nitrogen and oxygen atoms in total. The molecule has 4 rings (SSSR count). The number of Topliss-reactive ketones (excluding diaryl/α,β-unsaturated/α-hetero) is 2. The van der Waals surface area contributed by atoms with Gasteiger partial charge in [-0.2, -0.15) is 0 Å². The number of fused-ring (bicyclic) bond motifs is 2. The molecule has 0 spiro atoms. The second-order valence-corrected chi connectivity index (χ2v) is 5.37. The second-order valence-electron chi connectivity index (χ2n) is 5.37. The topological polar surface area (TPSA) is 102 Å². The van der Waals surface area contributed by atoms with Crippen molar-refractivity contribution < 1.29 is 37.1 Å². The van der Waals surface area contributed by atoms with Gasteiger partial charge in [0.25, 0.3) is 23.4 Å². The molecule has 0 saturated heterocycles. The fraction of sp³-hybridized carbons (Fsp3) is 0.0588. The van der Waals surface area contributed by atoms with Crippen LogP contribution in [0.25, 0.3) is 0 Å². The van der Waals surface area contributed by atoms with Gasteiger partial charge in [-0.25, -0.2) is 0 Å². The highest BCUT2D eigenvalue weighted by molar-refractivity contribution is 6.52. The molecule has 0 unspecified atom stereocenters. The number of hydrogen-bond acceptors (Lipinski definition) is 5. The Labute approximate surface area is 149 Å². The summed E-state index contributed by atoms with van der Waals surface area (Å²) < 4.78 is 39.3. The monoisotopic (exact) mass is 378 g/mol. The lowest BCUT2D eigenvalue weighted by Crippen LogP contribution is -2.17. The quantitative estimate of drug-likeness (QED) is 0.743. The third-order valence-electron chi connectivity index (χ3n) is 3.55. The van der Waals surface area contributed by atoms with Crippen LogP contribution in [0.15, 0.2) is 42.5 Å². The van der Waals surface area contributed by atoms with Crippen molar-refractivity contribution in [3.8, 4) is 5.75 Å². The summed E-state index contributed by atoms with van der Waals surface area (Å²) in [4.78, 5) is 43.8. The number of para-hydroxylation sites is 1. The lowest BCUT2D eigenvalue weighted by Gasteiger charge is -2.09. The summed E-state index contributed by atoms with van der Waals surface area (Å²) in [5.74, 6) is -3.25. The number of carbonyl (C=O) groups excluding carboxylic acids is 4. The van der Waals surface area contributed by atoms with Crippen LogP contribution in [0, 0.1) is 0 Å². The molecule has 2 aromatic carbocycles. The Kier molecular flexibility index (Phi) is 4.40. The lowest BCUT2D eigenvalue weighted by molar-refractivity contribution is -0.274. The number of amides is 2. The molecule has 0 bridgehead atoms. The highest BCUT2D eigenvalue weighted by Crippen LogP contribution is 2.30. The van der Waals surface area contributed by atoms with Gasteiger partial charge in [0.15, 0.2) is 0 Å². The van der Waals surface area contributed by atoms with E-state index < -0.39 is 35.5 Å². The van der Waals surface area contributed by atoms with E-state index >= 15 is 0 Å². The third-order valence-corrected chi connectivity index (χ3v) is 3.55. The molecule has 2 aliphatic heterocycles. The Morgan fingerprint density at radius 3 is 1.89 bits per heavy atom. The summed E-state index contributed by atoms with van der Waals surface area (Å²) in [5, 5.41) is 4.67. The van der Waals surface area contributed by atoms with Crippen molar-refractivity contribution in [1.82, 2.24) is 0 Å². The Balaban J connectivity index is 0.000000166. The molecule has 0 aromatic heterocycles. The molecule has 0 saturated carbocycles. The molecular weight excluding hydrogens is 369 g/mol. The minimum atomic E-state index is -4.83. The van der Waals surface area contributed by atoms with Crippen molar-refractivity contribution in [2.75, 3.05) is 10.6 Å². The molecule has 0 aliphatic carbocycles. The van der Waals surface area contributed by atoms with Gasteiger partial charge in [0.2, 0.25) is 0 Å². The van der Waals surface area contributed by atoms with Crippen LogP contribution >= 0.6 is 0 Å². The number of halogens is 3. The van der Waals surface area contributed by atoms with Gasteiger partial charge < -0.3 is 15.4 Å². The van der Waals surface area contributed by atoms with Gasteiger partial charge in [-0.1, -0.05) is 12.1 Å². The summed E-state index contributed by atoms with van der Waals surface area (Å²) in [6.45, 7) is 0. The Morgan fingerprint density at radius 2 is 1.30 bits per heavy atom. The zero-order valence-corrected chi connectivity index (χ0v) is 13.2. The maximum absolute atomic E-state index is 11.9. The average molecular weight is 378 g/mol. The Bertz CT molecular complexity index is 985. The van der Waals surface area contributed by atoms with Gasteiger partial charge in [0.05, 0.1) is 22.5 Å². The van der Waals surface area contributed by atoms with Crippen molar-refractivity contribution in [1.29, 1.82) is 0 Å². The molecule has 2 N–H and O–H groups in total. The molecule has 2 aliphatic rings. The number of carbonyl (C=O) groups is 4. The summed E-state index contributed by atoms with van der Waals surface area (Å²) in [6.07, 6.45) is -4.83. The molecule has 10 heteroatoms. The summed E-state index contributed by atoms with van der Waals surface area (Å²) in [7, 11) is 0. The van der Waals surface area contributed by atoms with Crippen LogP contribution in [0.3, 0.4) is 0 Å². The Morgan fingerprint density at radius 1 is 0.741 bits per heavy atom. The number of alkyl halides is 3. The molecular formula is C17H9F3N2O5. The maximum Gasteiger partial charge on any atom is 0.573 e. The molecule has 27 heavy (non-hydrogen) atoms. The van der Waals surface area contributed by atoms with Crippen LogP contribution in [0.4, 0.5) is 24.5 Å². The smallest absolute Gasteiger partial charge is 0.406 e. The first-order chi connectivity index (χ1) is 12.7. The predicted molar refractivity (Wildman–Crippen MR) is 85.5 cm³/mol. The largest absolute Gasteiger partial charge is 0.573 e. The van der Waals surface area contributed by atoms with E-state index in [9.17, 15) is 32.3 Å². The number of hydrogen-bond donors (Lipinski definition) is 2. The minimum Gasteiger partial charge on any atom is -0.406 e. The van der Waals surface area contributed by atoms with Gasteiger partial charge in [-0.15, -0.1) is 13.2 Å². The highest BCUT2D eigenvalue weighted by Gasteiger charge is 2.33. The average Bonchev–Trinajstić information content (AvgIpc) is 3.04. The third kappa shape index (κ3) is 3.78. The first-order valence-corrected chi connectivity index (χ1v) is 7.36. The van der Waals surface area contributed by atoms with Crippen molar-refractivity contribution >= 4 is 34.8 Å². The summed E-state index contributed by atoms with van der Waals surface area (Å²) in [5.41, 5.74) is 1.15. The van der Waals surface area contributed by atoms with Gasteiger partial charge in [0, 0.05) is 0 Å². The van der Waals surface area contributed by atoms with E-state index in [4.69, 9.17) is 0 Å². The van der Waals surface area contributed by atoms with Crippen molar-refractivity contribution in [3.63, 3.8) is 0 Å². The van der Waals surface area contributed by atoms with E-state index in [1.54, 1.807) is 24.3 Å². The number of benzene rings is 2. The van der Waals surface area contributed by atoms with Gasteiger partial charge in [-0.05, 0) is 30.3 Å². The Hall–Kier alpha value is -3.69. The lowest BCUT2D eigenvalue weighted by atomic mass is 10.1. The normalized spacial score (nSPS) is 14.6. The fourth-order valence-electron chi connectivity index (χ4n) is 2.41. The van der Waals surface area contributed by atoms with Crippen LogP contribution in [-0.2, 0) is 9.59 Å². The molecule has 2 heterocycles. The number of rotatable bonds is 1.